The smallest absolute Gasteiger partial charge is 0.307 e. The van der Waals surface area contributed by atoms with Crippen LogP contribution in [0, 0.1) is 11.8 Å². The molecule has 0 aromatic carbocycles. The van der Waals surface area contributed by atoms with Gasteiger partial charge in [0.25, 0.3) is 0 Å². The van der Waals surface area contributed by atoms with Gasteiger partial charge in [0.2, 0.25) is 5.92 Å². The fourth-order valence-electron chi connectivity index (χ4n) is 1.03. The Hall–Kier alpha value is -0.670. The summed E-state index contributed by atoms with van der Waals surface area (Å²) in [6.07, 6.45) is 0.124. The third-order valence-corrected chi connectivity index (χ3v) is 1.76. The number of carboxylic acid groups (broad SMARTS) is 1. The zero-order valence-electron chi connectivity index (χ0n) is 5.47. The molecular weight excluding hydrogens is 142 g/mol. The van der Waals surface area contributed by atoms with E-state index in [0.29, 0.717) is 0 Å². The normalized spacial score (nSPS) is 31.9. The van der Waals surface area contributed by atoms with E-state index in [9.17, 15) is 13.6 Å². The molecule has 0 heterocycles. The minimum Gasteiger partial charge on any atom is -0.481 e. The highest BCUT2D eigenvalue weighted by Crippen LogP contribution is 2.48. The molecule has 0 bridgehead atoms. The maximum absolute atomic E-state index is 12.3. The number of carbonyl (C=O) groups is 1. The molecule has 10 heavy (non-hydrogen) atoms. The molecule has 0 radical (unpaired) electrons. The molecule has 0 saturated heterocycles. The van der Waals surface area contributed by atoms with Crippen molar-refractivity contribution in [3.63, 3.8) is 0 Å². The quantitative estimate of drug-likeness (QED) is 0.645. The monoisotopic (exact) mass is 150 g/mol. The highest BCUT2D eigenvalue weighted by atomic mass is 19.3. The summed E-state index contributed by atoms with van der Waals surface area (Å²) in [6.45, 7) is 0.764. The van der Waals surface area contributed by atoms with Crippen molar-refractivity contribution >= 4 is 5.97 Å². The van der Waals surface area contributed by atoms with Gasteiger partial charge in [-0.05, 0) is 13.3 Å². The van der Waals surface area contributed by atoms with Crippen molar-refractivity contribution in [2.45, 2.75) is 19.3 Å². The van der Waals surface area contributed by atoms with Gasteiger partial charge >= 0.3 is 5.97 Å². The van der Waals surface area contributed by atoms with Gasteiger partial charge in [0.1, 0.15) is 0 Å². The lowest BCUT2D eigenvalue weighted by Gasteiger charge is -2.06. The van der Waals surface area contributed by atoms with Crippen LogP contribution in [0.1, 0.15) is 13.3 Å². The lowest BCUT2D eigenvalue weighted by molar-refractivity contribution is -0.140. The highest BCUT2D eigenvalue weighted by Gasteiger charge is 2.55. The van der Waals surface area contributed by atoms with Crippen molar-refractivity contribution in [3.05, 3.63) is 0 Å². The molecule has 1 N–H and O–H groups in total. The van der Waals surface area contributed by atoms with Crippen LogP contribution < -0.4 is 0 Å². The Morgan fingerprint density at radius 1 is 1.70 bits per heavy atom. The van der Waals surface area contributed by atoms with Crippen molar-refractivity contribution in [2.24, 2.45) is 11.8 Å². The largest absolute Gasteiger partial charge is 0.481 e. The van der Waals surface area contributed by atoms with Crippen LogP contribution in [0.5, 0.6) is 0 Å². The van der Waals surface area contributed by atoms with Crippen LogP contribution in [0.4, 0.5) is 8.78 Å². The molecule has 0 amide bonds. The molecule has 1 aliphatic rings. The molecule has 2 nitrogen and oxygen atoms in total. The lowest BCUT2D eigenvalue weighted by Crippen LogP contribution is -2.16. The SMILES string of the molecule is CC(F)(F)[C@H]1C[C@@H]1C(=O)O. The van der Waals surface area contributed by atoms with E-state index in [0.717, 1.165) is 6.92 Å². The number of carboxylic acids is 1. The second kappa shape index (κ2) is 1.90. The molecule has 1 aliphatic carbocycles. The third-order valence-electron chi connectivity index (χ3n) is 1.76. The van der Waals surface area contributed by atoms with Gasteiger partial charge in [-0.15, -0.1) is 0 Å². The van der Waals surface area contributed by atoms with E-state index >= 15 is 0 Å². The first-order valence-corrected chi connectivity index (χ1v) is 3.03. The van der Waals surface area contributed by atoms with Gasteiger partial charge in [-0.1, -0.05) is 0 Å². The van der Waals surface area contributed by atoms with Gasteiger partial charge < -0.3 is 5.11 Å². The van der Waals surface area contributed by atoms with Crippen molar-refractivity contribution in [3.8, 4) is 0 Å². The van der Waals surface area contributed by atoms with E-state index in [1.165, 1.54) is 0 Å². The Bertz CT molecular complexity index is 162. The van der Waals surface area contributed by atoms with Crippen molar-refractivity contribution in [2.75, 3.05) is 0 Å². The summed E-state index contributed by atoms with van der Waals surface area (Å²) in [6, 6.07) is 0. The van der Waals surface area contributed by atoms with E-state index in [4.69, 9.17) is 5.11 Å². The van der Waals surface area contributed by atoms with E-state index < -0.39 is 23.7 Å². The average Bonchev–Trinajstić information content (AvgIpc) is 2.35. The Kier molecular flexibility index (Phi) is 1.42. The Morgan fingerprint density at radius 2 is 2.20 bits per heavy atom. The number of hydrogen-bond acceptors (Lipinski definition) is 1. The van der Waals surface area contributed by atoms with Crippen LogP contribution in [0.15, 0.2) is 0 Å². The molecule has 0 aromatic heterocycles. The minimum absolute atomic E-state index is 0.124. The molecule has 1 fully saturated rings. The van der Waals surface area contributed by atoms with Crippen molar-refractivity contribution in [1.82, 2.24) is 0 Å². The molecule has 1 saturated carbocycles. The van der Waals surface area contributed by atoms with Crippen LogP contribution in [0.2, 0.25) is 0 Å². The average molecular weight is 150 g/mol. The van der Waals surface area contributed by atoms with Gasteiger partial charge in [-0.25, -0.2) is 8.78 Å². The number of hydrogen-bond donors (Lipinski definition) is 1. The van der Waals surface area contributed by atoms with Gasteiger partial charge in [0.05, 0.1) is 5.92 Å². The Morgan fingerprint density at radius 3 is 2.30 bits per heavy atom. The van der Waals surface area contributed by atoms with Crippen LogP contribution in [-0.4, -0.2) is 17.0 Å². The summed E-state index contributed by atoms with van der Waals surface area (Å²) in [5.74, 6) is -5.65. The lowest BCUT2D eigenvalue weighted by atomic mass is 10.2. The minimum atomic E-state index is -2.82. The summed E-state index contributed by atoms with van der Waals surface area (Å²) >= 11 is 0. The fraction of sp³-hybridized carbons (Fsp3) is 0.833. The first-order valence-electron chi connectivity index (χ1n) is 3.03. The number of rotatable bonds is 2. The van der Waals surface area contributed by atoms with Crippen LogP contribution in [0.25, 0.3) is 0 Å². The first kappa shape index (κ1) is 7.44. The predicted molar refractivity (Wildman–Crippen MR) is 29.9 cm³/mol. The third kappa shape index (κ3) is 1.25. The molecule has 0 spiro atoms. The van der Waals surface area contributed by atoms with Crippen LogP contribution in [0.3, 0.4) is 0 Å². The summed E-state index contributed by atoms with van der Waals surface area (Å²) in [5.41, 5.74) is 0. The standard InChI is InChI=1S/C6H8F2O2/c1-6(7,8)4-2-3(4)5(9)10/h3-4H,2H2,1H3,(H,9,10)/t3-,4-/m0/s1. The van der Waals surface area contributed by atoms with E-state index in [2.05, 4.69) is 0 Å². The molecule has 1 rings (SSSR count). The second-order valence-corrected chi connectivity index (χ2v) is 2.74. The molecule has 0 unspecified atom stereocenters. The van der Waals surface area contributed by atoms with Crippen LogP contribution >= 0.6 is 0 Å². The summed E-state index contributed by atoms with van der Waals surface area (Å²) < 4.78 is 24.5. The number of halogens is 2. The van der Waals surface area contributed by atoms with Gasteiger partial charge in [-0.2, -0.15) is 0 Å². The van der Waals surface area contributed by atoms with Crippen LogP contribution in [-0.2, 0) is 4.79 Å². The molecule has 4 heteroatoms. The summed E-state index contributed by atoms with van der Waals surface area (Å²) in [5, 5.41) is 8.25. The zero-order valence-corrected chi connectivity index (χ0v) is 5.47. The fourth-order valence-corrected chi connectivity index (χ4v) is 1.03. The molecule has 0 aromatic rings. The topological polar surface area (TPSA) is 37.3 Å². The molecule has 2 atom stereocenters. The van der Waals surface area contributed by atoms with E-state index in [1.807, 2.05) is 0 Å². The van der Waals surface area contributed by atoms with Crippen molar-refractivity contribution in [1.29, 1.82) is 0 Å². The molecule has 0 aliphatic heterocycles. The van der Waals surface area contributed by atoms with E-state index in [-0.39, 0.29) is 6.42 Å². The first-order chi connectivity index (χ1) is 4.43. The summed E-state index contributed by atoms with van der Waals surface area (Å²) in [4.78, 5) is 10.1. The van der Waals surface area contributed by atoms with Crippen molar-refractivity contribution < 1.29 is 18.7 Å². The van der Waals surface area contributed by atoms with Gasteiger partial charge in [0, 0.05) is 5.92 Å². The van der Waals surface area contributed by atoms with Gasteiger partial charge in [0.15, 0.2) is 0 Å². The maximum atomic E-state index is 12.3. The second-order valence-electron chi connectivity index (χ2n) is 2.74. The molecular formula is C6H8F2O2. The predicted octanol–water partition coefficient (Wildman–Crippen LogP) is 1.36. The highest BCUT2D eigenvalue weighted by molar-refractivity contribution is 5.73. The van der Waals surface area contributed by atoms with E-state index in [1.54, 1.807) is 0 Å². The zero-order chi connectivity index (χ0) is 7.94. The number of alkyl halides is 2. The Labute approximate surface area is 56.8 Å². The maximum Gasteiger partial charge on any atom is 0.307 e. The van der Waals surface area contributed by atoms with Gasteiger partial charge in [-0.3, -0.25) is 4.79 Å². The summed E-state index contributed by atoms with van der Waals surface area (Å²) in [7, 11) is 0. The number of aliphatic carboxylic acids is 1. The molecule has 58 valence electrons. The Balaban J connectivity index is 2.46.